The molecular weight excluding hydrogens is 215 g/mol. The maximum absolute atomic E-state index is 13.6. The average Bonchev–Trinajstić information content (AvgIpc) is 2.38. The number of hydrogen-bond acceptors (Lipinski definition) is 2. The lowest BCUT2D eigenvalue weighted by molar-refractivity contribution is 0.517. The zero-order valence-corrected chi connectivity index (χ0v) is 9.73. The van der Waals surface area contributed by atoms with E-state index in [4.69, 9.17) is 0 Å². The Morgan fingerprint density at radius 3 is 2.59 bits per heavy atom. The van der Waals surface area contributed by atoms with Crippen molar-refractivity contribution in [3.05, 3.63) is 65.7 Å². The lowest BCUT2D eigenvalue weighted by Crippen LogP contribution is -2.21. The molecular formula is C14H15FN2. The Kier molecular flexibility index (Phi) is 3.83. The van der Waals surface area contributed by atoms with Gasteiger partial charge in [0.25, 0.3) is 0 Å². The van der Waals surface area contributed by atoms with E-state index in [2.05, 4.69) is 10.3 Å². The molecule has 0 aliphatic rings. The van der Waals surface area contributed by atoms with Gasteiger partial charge in [-0.05, 0) is 31.2 Å². The van der Waals surface area contributed by atoms with Gasteiger partial charge in [0.1, 0.15) is 5.82 Å². The summed E-state index contributed by atoms with van der Waals surface area (Å²) in [5.41, 5.74) is 1.63. The van der Waals surface area contributed by atoms with Crippen LogP contribution in [-0.4, -0.2) is 12.0 Å². The van der Waals surface area contributed by atoms with Gasteiger partial charge in [0.15, 0.2) is 0 Å². The number of halogens is 1. The van der Waals surface area contributed by atoms with E-state index in [0.29, 0.717) is 5.69 Å². The second kappa shape index (κ2) is 5.55. The first-order chi connectivity index (χ1) is 8.31. The molecule has 0 aliphatic heterocycles. The number of aromatic nitrogens is 1. The molecule has 3 heteroatoms. The van der Waals surface area contributed by atoms with Gasteiger partial charge in [0.2, 0.25) is 0 Å². The first-order valence-corrected chi connectivity index (χ1v) is 5.63. The highest BCUT2D eigenvalue weighted by atomic mass is 19.1. The Balaban J connectivity index is 2.21. The highest BCUT2D eigenvalue weighted by molar-refractivity contribution is 5.20. The summed E-state index contributed by atoms with van der Waals surface area (Å²) in [6.45, 7) is 0. The first kappa shape index (κ1) is 11.7. The van der Waals surface area contributed by atoms with Crippen molar-refractivity contribution in [2.75, 3.05) is 7.05 Å². The van der Waals surface area contributed by atoms with Crippen molar-refractivity contribution in [3.63, 3.8) is 0 Å². The van der Waals surface area contributed by atoms with E-state index in [1.807, 2.05) is 37.4 Å². The van der Waals surface area contributed by atoms with Gasteiger partial charge in [-0.2, -0.15) is 0 Å². The Morgan fingerprint density at radius 2 is 1.94 bits per heavy atom. The summed E-state index contributed by atoms with van der Waals surface area (Å²) in [6, 6.07) is 13.0. The zero-order chi connectivity index (χ0) is 12.1. The van der Waals surface area contributed by atoms with Crippen molar-refractivity contribution >= 4 is 0 Å². The summed E-state index contributed by atoms with van der Waals surface area (Å²) in [4.78, 5) is 4.11. The van der Waals surface area contributed by atoms with Crippen LogP contribution < -0.4 is 5.32 Å². The van der Waals surface area contributed by atoms with Gasteiger partial charge in [-0.15, -0.1) is 0 Å². The van der Waals surface area contributed by atoms with Crippen LogP contribution >= 0.6 is 0 Å². The molecule has 17 heavy (non-hydrogen) atoms. The van der Waals surface area contributed by atoms with Crippen molar-refractivity contribution < 1.29 is 4.39 Å². The normalized spacial score (nSPS) is 12.4. The van der Waals surface area contributed by atoms with Crippen molar-refractivity contribution in [1.29, 1.82) is 0 Å². The minimum absolute atomic E-state index is 0.0985. The number of nitrogens with one attached hydrogen (secondary N) is 1. The third-order valence-corrected chi connectivity index (χ3v) is 2.75. The van der Waals surface area contributed by atoms with Crippen LogP contribution in [0.3, 0.4) is 0 Å². The van der Waals surface area contributed by atoms with Crippen molar-refractivity contribution in [2.45, 2.75) is 12.5 Å². The molecule has 0 aliphatic carbocycles. The Labute approximate surface area is 101 Å². The molecule has 1 N–H and O–H groups in total. The number of pyridine rings is 1. The van der Waals surface area contributed by atoms with Crippen LogP contribution in [0.4, 0.5) is 4.39 Å². The predicted molar refractivity (Wildman–Crippen MR) is 66.1 cm³/mol. The van der Waals surface area contributed by atoms with Gasteiger partial charge < -0.3 is 5.32 Å². The maximum Gasteiger partial charge on any atom is 0.146 e. The summed E-state index contributed by atoms with van der Waals surface area (Å²) in [7, 11) is 1.82. The van der Waals surface area contributed by atoms with E-state index in [1.165, 1.54) is 6.07 Å². The van der Waals surface area contributed by atoms with Crippen LogP contribution in [0.25, 0.3) is 0 Å². The van der Waals surface area contributed by atoms with E-state index < -0.39 is 0 Å². The number of rotatable bonds is 4. The van der Waals surface area contributed by atoms with E-state index in [0.717, 1.165) is 12.0 Å². The van der Waals surface area contributed by atoms with Gasteiger partial charge in [0, 0.05) is 6.20 Å². The monoisotopic (exact) mass is 230 g/mol. The van der Waals surface area contributed by atoms with Crippen LogP contribution in [0.5, 0.6) is 0 Å². The molecule has 0 spiro atoms. The Hall–Kier alpha value is -1.74. The van der Waals surface area contributed by atoms with Gasteiger partial charge in [0.05, 0.1) is 11.7 Å². The maximum atomic E-state index is 13.6. The van der Waals surface area contributed by atoms with Crippen LogP contribution in [0.1, 0.15) is 17.3 Å². The summed E-state index contributed by atoms with van der Waals surface area (Å²) in [6.07, 6.45) is 2.35. The molecule has 0 saturated heterocycles. The quantitative estimate of drug-likeness (QED) is 0.873. The summed E-state index contributed by atoms with van der Waals surface area (Å²) < 4.78 is 13.6. The van der Waals surface area contributed by atoms with E-state index in [1.54, 1.807) is 12.3 Å². The fourth-order valence-corrected chi connectivity index (χ4v) is 1.84. The topological polar surface area (TPSA) is 24.9 Å². The van der Waals surface area contributed by atoms with Gasteiger partial charge in [-0.1, -0.05) is 30.3 Å². The van der Waals surface area contributed by atoms with Gasteiger partial charge >= 0.3 is 0 Å². The second-order valence-corrected chi connectivity index (χ2v) is 3.90. The summed E-state index contributed by atoms with van der Waals surface area (Å²) in [5.74, 6) is -0.261. The Bertz CT molecular complexity index is 471. The number of likely N-dealkylation sites (N-methyl/N-ethyl adjacent to an activating group) is 1. The number of hydrogen-bond donors (Lipinski definition) is 1. The average molecular weight is 230 g/mol. The summed E-state index contributed by atoms with van der Waals surface area (Å²) in [5, 5.41) is 3.11. The molecule has 1 aromatic carbocycles. The standard InChI is InChI=1S/C14H15FN2/c1-16-13(10-11-6-3-2-4-7-11)14-12(15)8-5-9-17-14/h2-9,13,16H,10H2,1H3. The molecule has 1 unspecified atom stereocenters. The minimum Gasteiger partial charge on any atom is -0.311 e. The minimum atomic E-state index is -0.261. The molecule has 0 bridgehead atoms. The zero-order valence-electron chi connectivity index (χ0n) is 9.73. The van der Waals surface area contributed by atoms with E-state index in [9.17, 15) is 4.39 Å². The molecule has 2 rings (SSSR count). The SMILES string of the molecule is CNC(Cc1ccccc1)c1ncccc1F. The smallest absolute Gasteiger partial charge is 0.146 e. The summed E-state index contributed by atoms with van der Waals surface area (Å²) >= 11 is 0. The highest BCUT2D eigenvalue weighted by Gasteiger charge is 2.15. The fraction of sp³-hybridized carbons (Fsp3) is 0.214. The predicted octanol–water partition coefficient (Wildman–Crippen LogP) is 2.72. The lowest BCUT2D eigenvalue weighted by Gasteiger charge is -2.16. The Morgan fingerprint density at radius 1 is 1.18 bits per heavy atom. The molecule has 0 fully saturated rings. The highest BCUT2D eigenvalue weighted by Crippen LogP contribution is 2.18. The van der Waals surface area contributed by atoms with Crippen LogP contribution in [0.15, 0.2) is 48.7 Å². The van der Waals surface area contributed by atoms with Crippen molar-refractivity contribution in [3.8, 4) is 0 Å². The van der Waals surface area contributed by atoms with Crippen LogP contribution in [-0.2, 0) is 6.42 Å². The van der Waals surface area contributed by atoms with Gasteiger partial charge in [-0.25, -0.2) is 4.39 Å². The molecule has 0 saturated carbocycles. The molecule has 88 valence electrons. The van der Waals surface area contributed by atoms with Gasteiger partial charge in [-0.3, -0.25) is 4.98 Å². The van der Waals surface area contributed by atoms with Crippen molar-refractivity contribution in [2.24, 2.45) is 0 Å². The number of benzene rings is 1. The molecule has 2 aromatic rings. The lowest BCUT2D eigenvalue weighted by atomic mass is 10.0. The third kappa shape index (κ3) is 2.88. The second-order valence-electron chi connectivity index (χ2n) is 3.90. The number of nitrogens with zero attached hydrogens (tertiary/aromatic N) is 1. The first-order valence-electron chi connectivity index (χ1n) is 5.63. The van der Waals surface area contributed by atoms with E-state index >= 15 is 0 Å². The molecule has 1 aromatic heterocycles. The molecule has 0 amide bonds. The molecule has 0 radical (unpaired) electrons. The van der Waals surface area contributed by atoms with Crippen LogP contribution in [0.2, 0.25) is 0 Å². The molecule has 2 nitrogen and oxygen atoms in total. The fourth-order valence-electron chi connectivity index (χ4n) is 1.84. The molecule has 1 heterocycles. The van der Waals surface area contributed by atoms with Crippen LogP contribution in [0, 0.1) is 5.82 Å². The van der Waals surface area contributed by atoms with Crippen molar-refractivity contribution in [1.82, 2.24) is 10.3 Å². The third-order valence-electron chi connectivity index (χ3n) is 2.75. The molecule has 1 atom stereocenters. The largest absolute Gasteiger partial charge is 0.311 e. The van der Waals surface area contributed by atoms with E-state index in [-0.39, 0.29) is 11.9 Å².